The average molecular weight is 209 g/mol. The zero-order valence-corrected chi connectivity index (χ0v) is 10.1. The predicted octanol–water partition coefficient (Wildman–Crippen LogP) is 3.46. The van der Waals surface area contributed by atoms with Crippen LogP contribution in [0.25, 0.3) is 5.57 Å². The van der Waals surface area contributed by atoms with Crippen LogP contribution < -0.4 is 5.32 Å². The zero-order chi connectivity index (χ0) is 10.4. The molecule has 0 amide bonds. The van der Waals surface area contributed by atoms with E-state index in [0.29, 0.717) is 0 Å². The van der Waals surface area contributed by atoms with Crippen molar-refractivity contribution in [1.29, 1.82) is 0 Å². The summed E-state index contributed by atoms with van der Waals surface area (Å²) in [7, 11) is 0. The van der Waals surface area contributed by atoms with E-state index >= 15 is 0 Å². The first-order valence-corrected chi connectivity index (χ1v) is 6.05. The van der Waals surface area contributed by atoms with Crippen molar-refractivity contribution in [3.63, 3.8) is 0 Å². The Morgan fingerprint density at radius 2 is 2.36 bits per heavy atom. The molecule has 1 rings (SSSR count). The van der Waals surface area contributed by atoms with E-state index in [9.17, 15) is 0 Å². The minimum Gasteiger partial charge on any atom is -0.317 e. The molecule has 14 heavy (non-hydrogen) atoms. The van der Waals surface area contributed by atoms with Crippen LogP contribution in [0.4, 0.5) is 0 Å². The zero-order valence-electron chi connectivity index (χ0n) is 9.26. The Kier molecular flexibility index (Phi) is 4.91. The second-order valence-electron chi connectivity index (χ2n) is 3.48. The summed E-state index contributed by atoms with van der Waals surface area (Å²) in [6, 6.07) is 2.25. The molecule has 0 bridgehead atoms. The van der Waals surface area contributed by atoms with Gasteiger partial charge >= 0.3 is 0 Å². The van der Waals surface area contributed by atoms with Gasteiger partial charge in [-0.3, -0.25) is 0 Å². The van der Waals surface area contributed by atoms with Crippen molar-refractivity contribution in [3.8, 4) is 0 Å². The van der Waals surface area contributed by atoms with Crippen LogP contribution in [0, 0.1) is 6.92 Å². The third-order valence-electron chi connectivity index (χ3n) is 2.21. The molecule has 1 nitrogen and oxygen atoms in total. The maximum Gasteiger partial charge on any atom is 0.00204 e. The lowest BCUT2D eigenvalue weighted by Gasteiger charge is -1.99. The Balaban J connectivity index is 2.44. The van der Waals surface area contributed by atoms with E-state index in [-0.39, 0.29) is 0 Å². The smallest absolute Gasteiger partial charge is 0.00204 e. The largest absolute Gasteiger partial charge is 0.317 e. The van der Waals surface area contributed by atoms with Gasteiger partial charge in [0, 0.05) is 4.88 Å². The van der Waals surface area contributed by atoms with Gasteiger partial charge in [-0.05, 0) is 55.9 Å². The lowest BCUT2D eigenvalue weighted by Crippen LogP contribution is -2.12. The molecule has 0 saturated heterocycles. The third kappa shape index (κ3) is 3.64. The highest BCUT2D eigenvalue weighted by Crippen LogP contribution is 2.20. The maximum absolute atomic E-state index is 3.32. The van der Waals surface area contributed by atoms with E-state index in [2.05, 4.69) is 43.6 Å². The van der Waals surface area contributed by atoms with Crippen molar-refractivity contribution >= 4 is 16.9 Å². The molecular weight excluding hydrogens is 190 g/mol. The molecule has 0 fully saturated rings. The molecule has 0 saturated carbocycles. The summed E-state index contributed by atoms with van der Waals surface area (Å²) < 4.78 is 0. The lowest BCUT2D eigenvalue weighted by atomic mass is 10.1. The second-order valence-corrected chi connectivity index (χ2v) is 4.59. The molecule has 78 valence electrons. The fraction of sp³-hybridized carbons (Fsp3) is 0.500. The summed E-state index contributed by atoms with van der Waals surface area (Å²) in [5, 5.41) is 5.55. The van der Waals surface area contributed by atoms with Gasteiger partial charge < -0.3 is 5.32 Å². The van der Waals surface area contributed by atoms with Gasteiger partial charge in [-0.15, -0.1) is 11.3 Å². The van der Waals surface area contributed by atoms with Crippen molar-refractivity contribution < 1.29 is 0 Å². The molecule has 0 unspecified atom stereocenters. The van der Waals surface area contributed by atoms with Crippen molar-refractivity contribution in [3.05, 3.63) is 28.0 Å². The highest BCUT2D eigenvalue weighted by Gasteiger charge is 1.97. The molecular formula is C12H19NS. The molecule has 0 aliphatic heterocycles. The summed E-state index contributed by atoms with van der Waals surface area (Å²) in [6.45, 7) is 8.62. The first kappa shape index (κ1) is 11.5. The number of allylic oxidation sites excluding steroid dienone is 1. The maximum atomic E-state index is 3.32. The Hall–Kier alpha value is -0.600. The first-order chi connectivity index (χ1) is 6.74. The number of nitrogens with one attached hydrogen (secondary N) is 1. The summed E-state index contributed by atoms with van der Waals surface area (Å²) >= 11 is 1.82. The molecule has 0 radical (unpaired) electrons. The monoisotopic (exact) mass is 209 g/mol. The topological polar surface area (TPSA) is 12.0 Å². The summed E-state index contributed by atoms with van der Waals surface area (Å²) in [5.74, 6) is 0. The number of thiophene rings is 1. The molecule has 1 N–H and O–H groups in total. The van der Waals surface area contributed by atoms with Gasteiger partial charge in [0.15, 0.2) is 0 Å². The van der Waals surface area contributed by atoms with E-state index in [1.165, 1.54) is 16.0 Å². The minimum atomic E-state index is 1.06. The van der Waals surface area contributed by atoms with Crippen molar-refractivity contribution in [1.82, 2.24) is 5.32 Å². The normalized spacial score (nSPS) is 12.1. The molecule has 1 aromatic heterocycles. The fourth-order valence-corrected chi connectivity index (χ4v) is 2.10. The van der Waals surface area contributed by atoms with Gasteiger partial charge in [0.1, 0.15) is 0 Å². The van der Waals surface area contributed by atoms with Crippen LogP contribution in [-0.2, 0) is 0 Å². The van der Waals surface area contributed by atoms with E-state index in [4.69, 9.17) is 0 Å². The standard InChI is InChI=1S/C12H19NS/c1-4-13-7-5-6-10(2)12-8-11(3)14-9-12/h6,8-9,13H,4-5,7H2,1-3H3. The highest BCUT2D eigenvalue weighted by atomic mass is 32.1. The molecule has 1 aromatic rings. The SMILES string of the molecule is CCNCCC=C(C)c1csc(C)c1. The number of hydrogen-bond donors (Lipinski definition) is 1. The predicted molar refractivity (Wildman–Crippen MR) is 65.9 cm³/mol. The molecule has 0 aliphatic carbocycles. The van der Waals surface area contributed by atoms with Crippen LogP contribution in [-0.4, -0.2) is 13.1 Å². The van der Waals surface area contributed by atoms with E-state index in [1.807, 2.05) is 11.3 Å². The minimum absolute atomic E-state index is 1.06. The van der Waals surface area contributed by atoms with Gasteiger partial charge in [-0.25, -0.2) is 0 Å². The fourth-order valence-electron chi connectivity index (χ4n) is 1.34. The van der Waals surface area contributed by atoms with E-state index in [0.717, 1.165) is 19.5 Å². The summed E-state index contributed by atoms with van der Waals surface area (Å²) in [4.78, 5) is 1.39. The van der Waals surface area contributed by atoms with Crippen LogP contribution in [0.5, 0.6) is 0 Å². The Morgan fingerprint density at radius 3 is 2.93 bits per heavy atom. The van der Waals surface area contributed by atoms with Crippen LogP contribution in [0.2, 0.25) is 0 Å². The molecule has 0 aliphatic rings. The number of aryl methyl sites for hydroxylation is 1. The molecule has 0 atom stereocenters. The molecule has 2 heteroatoms. The molecule has 0 aromatic carbocycles. The van der Waals surface area contributed by atoms with Crippen LogP contribution in [0.1, 0.15) is 30.7 Å². The number of rotatable bonds is 5. The van der Waals surface area contributed by atoms with Crippen LogP contribution >= 0.6 is 11.3 Å². The lowest BCUT2D eigenvalue weighted by molar-refractivity contribution is 0.727. The van der Waals surface area contributed by atoms with Gasteiger partial charge in [0.25, 0.3) is 0 Å². The Morgan fingerprint density at radius 1 is 1.57 bits per heavy atom. The Labute approximate surface area is 90.9 Å². The number of hydrogen-bond acceptors (Lipinski definition) is 2. The van der Waals surface area contributed by atoms with Crippen molar-refractivity contribution in [2.45, 2.75) is 27.2 Å². The molecule has 1 heterocycles. The van der Waals surface area contributed by atoms with Crippen LogP contribution in [0.15, 0.2) is 17.5 Å². The van der Waals surface area contributed by atoms with E-state index < -0.39 is 0 Å². The van der Waals surface area contributed by atoms with E-state index in [1.54, 1.807) is 0 Å². The quantitative estimate of drug-likeness (QED) is 0.732. The van der Waals surface area contributed by atoms with Gasteiger partial charge in [0.2, 0.25) is 0 Å². The van der Waals surface area contributed by atoms with Crippen molar-refractivity contribution in [2.24, 2.45) is 0 Å². The first-order valence-electron chi connectivity index (χ1n) is 5.17. The van der Waals surface area contributed by atoms with Gasteiger partial charge in [0.05, 0.1) is 0 Å². The van der Waals surface area contributed by atoms with Crippen molar-refractivity contribution in [2.75, 3.05) is 13.1 Å². The molecule has 0 spiro atoms. The van der Waals surface area contributed by atoms with Gasteiger partial charge in [-0.1, -0.05) is 13.0 Å². The summed E-state index contributed by atoms with van der Waals surface area (Å²) in [6.07, 6.45) is 3.43. The average Bonchev–Trinajstić information content (AvgIpc) is 2.59. The summed E-state index contributed by atoms with van der Waals surface area (Å²) in [5.41, 5.74) is 2.77. The van der Waals surface area contributed by atoms with Gasteiger partial charge in [-0.2, -0.15) is 0 Å². The highest BCUT2D eigenvalue weighted by molar-refractivity contribution is 7.10. The Bertz CT molecular complexity index is 299. The third-order valence-corrected chi connectivity index (χ3v) is 3.07. The van der Waals surface area contributed by atoms with Crippen LogP contribution in [0.3, 0.4) is 0 Å². The second kappa shape index (κ2) is 5.99.